The van der Waals surface area contributed by atoms with Crippen LogP contribution in [0.2, 0.25) is 0 Å². The van der Waals surface area contributed by atoms with Crippen molar-refractivity contribution in [2.45, 2.75) is 51.6 Å². The Morgan fingerprint density at radius 1 is 1.14 bits per heavy atom. The third-order valence-electron chi connectivity index (χ3n) is 3.08. The second-order valence-corrected chi connectivity index (χ2v) is 5.03. The van der Waals surface area contributed by atoms with Crippen molar-refractivity contribution in [3.05, 3.63) is 0 Å². The number of ether oxygens (including phenoxy) is 4. The molecule has 0 aliphatic carbocycles. The molecule has 0 amide bonds. The fraction of sp³-hybridized carbons (Fsp3) is 0.769. The molecule has 1 rings (SSSR count). The Labute approximate surface area is 122 Å². The summed E-state index contributed by atoms with van der Waals surface area (Å²) in [6, 6.07) is 0. The molecule has 0 aromatic rings. The number of carbonyl (C=O) groups excluding carboxylic acids is 3. The van der Waals surface area contributed by atoms with Crippen LogP contribution in [-0.2, 0) is 33.3 Å². The lowest BCUT2D eigenvalue weighted by molar-refractivity contribution is -0.256. The summed E-state index contributed by atoms with van der Waals surface area (Å²) in [6.45, 7) is 4.68. The van der Waals surface area contributed by atoms with Crippen LogP contribution in [0.1, 0.15) is 27.7 Å². The van der Waals surface area contributed by atoms with Gasteiger partial charge in [0, 0.05) is 20.8 Å². The molecular weight excluding hydrogens is 284 g/mol. The van der Waals surface area contributed by atoms with Crippen LogP contribution in [0, 0.1) is 0 Å². The van der Waals surface area contributed by atoms with Crippen molar-refractivity contribution in [3.8, 4) is 0 Å². The molecule has 1 saturated heterocycles. The van der Waals surface area contributed by atoms with Gasteiger partial charge in [-0.05, 0) is 6.92 Å². The number of rotatable bonds is 4. The van der Waals surface area contributed by atoms with E-state index < -0.39 is 41.8 Å². The fourth-order valence-corrected chi connectivity index (χ4v) is 2.12. The molecule has 1 N–H and O–H groups in total. The van der Waals surface area contributed by atoms with E-state index in [4.69, 9.17) is 18.9 Å². The van der Waals surface area contributed by atoms with E-state index in [1.165, 1.54) is 27.7 Å². The van der Waals surface area contributed by atoms with Gasteiger partial charge in [-0.1, -0.05) is 0 Å². The van der Waals surface area contributed by atoms with E-state index in [0.29, 0.717) is 0 Å². The minimum Gasteiger partial charge on any atom is -0.463 e. The van der Waals surface area contributed by atoms with Crippen molar-refractivity contribution < 1.29 is 38.4 Å². The smallest absolute Gasteiger partial charge is 0.303 e. The lowest BCUT2D eigenvalue weighted by atomic mass is 9.86. The van der Waals surface area contributed by atoms with Gasteiger partial charge in [0.2, 0.25) is 0 Å². The summed E-state index contributed by atoms with van der Waals surface area (Å²) < 4.78 is 20.3. The molecule has 0 unspecified atom stereocenters. The Balaban J connectivity index is 2.90. The van der Waals surface area contributed by atoms with E-state index in [1.54, 1.807) is 0 Å². The van der Waals surface area contributed by atoms with Gasteiger partial charge in [-0.25, -0.2) is 0 Å². The summed E-state index contributed by atoms with van der Waals surface area (Å²) in [7, 11) is 0. The lowest BCUT2D eigenvalue weighted by Crippen LogP contribution is -2.64. The molecule has 120 valence electrons. The van der Waals surface area contributed by atoms with Gasteiger partial charge in [0.15, 0.2) is 12.2 Å². The molecule has 1 aliphatic heterocycles. The summed E-state index contributed by atoms with van der Waals surface area (Å²) in [5.41, 5.74) is -1.68. The fourth-order valence-electron chi connectivity index (χ4n) is 2.12. The monoisotopic (exact) mass is 304 g/mol. The van der Waals surface area contributed by atoms with Gasteiger partial charge in [0.25, 0.3) is 0 Å². The van der Waals surface area contributed by atoms with E-state index in [1.807, 2.05) is 0 Å². The van der Waals surface area contributed by atoms with Crippen LogP contribution in [0.25, 0.3) is 0 Å². The molecule has 0 saturated carbocycles. The minimum absolute atomic E-state index is 0.0837. The van der Waals surface area contributed by atoms with Crippen LogP contribution in [0.3, 0.4) is 0 Å². The first-order valence-corrected chi connectivity index (χ1v) is 6.46. The first kappa shape index (κ1) is 17.4. The molecule has 21 heavy (non-hydrogen) atoms. The normalized spacial score (nSPS) is 32.1. The van der Waals surface area contributed by atoms with Crippen LogP contribution >= 0.6 is 0 Å². The molecule has 0 spiro atoms. The summed E-state index contributed by atoms with van der Waals surface area (Å²) in [5.74, 6) is -1.75. The maximum Gasteiger partial charge on any atom is 0.303 e. The first-order chi connectivity index (χ1) is 9.64. The molecule has 4 atom stereocenters. The average molecular weight is 304 g/mol. The van der Waals surface area contributed by atoms with Gasteiger partial charge in [-0.2, -0.15) is 0 Å². The van der Waals surface area contributed by atoms with Crippen molar-refractivity contribution in [2.75, 3.05) is 13.2 Å². The highest BCUT2D eigenvalue weighted by molar-refractivity contribution is 5.67. The highest BCUT2D eigenvalue weighted by atomic mass is 16.6. The van der Waals surface area contributed by atoms with Crippen molar-refractivity contribution >= 4 is 17.9 Å². The first-order valence-electron chi connectivity index (χ1n) is 6.46. The maximum atomic E-state index is 11.2. The number of esters is 3. The zero-order valence-electron chi connectivity index (χ0n) is 12.5. The van der Waals surface area contributed by atoms with E-state index in [2.05, 4.69) is 0 Å². The number of hydrogen-bond donors (Lipinski definition) is 1. The van der Waals surface area contributed by atoms with Crippen LogP contribution < -0.4 is 0 Å². The van der Waals surface area contributed by atoms with Crippen LogP contribution in [0.4, 0.5) is 0 Å². The van der Waals surface area contributed by atoms with Gasteiger partial charge in [-0.3, -0.25) is 14.4 Å². The highest BCUT2D eigenvalue weighted by Crippen LogP contribution is 2.30. The van der Waals surface area contributed by atoms with Crippen molar-refractivity contribution in [2.24, 2.45) is 0 Å². The third-order valence-corrected chi connectivity index (χ3v) is 3.08. The topological polar surface area (TPSA) is 108 Å². The Hall–Kier alpha value is -1.67. The predicted octanol–water partition coefficient (Wildman–Crippen LogP) is -0.437. The van der Waals surface area contributed by atoms with Gasteiger partial charge in [0.05, 0.1) is 6.61 Å². The van der Waals surface area contributed by atoms with Gasteiger partial charge in [-0.15, -0.1) is 0 Å². The van der Waals surface area contributed by atoms with E-state index in [-0.39, 0.29) is 13.2 Å². The van der Waals surface area contributed by atoms with Gasteiger partial charge in [0.1, 0.15) is 18.3 Å². The second-order valence-electron chi connectivity index (χ2n) is 5.03. The molecule has 1 aliphatic rings. The average Bonchev–Trinajstić information content (AvgIpc) is 2.31. The number of aliphatic hydroxyl groups is 1. The Morgan fingerprint density at radius 2 is 1.71 bits per heavy atom. The molecular formula is C13H20O8. The second kappa shape index (κ2) is 6.86. The van der Waals surface area contributed by atoms with Gasteiger partial charge < -0.3 is 24.1 Å². The van der Waals surface area contributed by atoms with E-state index >= 15 is 0 Å². The van der Waals surface area contributed by atoms with Crippen molar-refractivity contribution in [3.63, 3.8) is 0 Å². The zero-order chi connectivity index (χ0) is 16.2. The Morgan fingerprint density at radius 3 is 2.19 bits per heavy atom. The molecule has 0 bridgehead atoms. The van der Waals surface area contributed by atoms with Crippen molar-refractivity contribution in [1.82, 2.24) is 0 Å². The third kappa shape index (κ3) is 4.68. The molecule has 8 nitrogen and oxygen atoms in total. The molecule has 0 radical (unpaired) electrons. The molecule has 0 aromatic heterocycles. The van der Waals surface area contributed by atoms with Crippen LogP contribution in [0.5, 0.6) is 0 Å². The highest BCUT2D eigenvalue weighted by Gasteiger charge is 2.52. The molecule has 1 heterocycles. The number of carbonyl (C=O) groups is 3. The molecule has 8 heteroatoms. The zero-order valence-corrected chi connectivity index (χ0v) is 12.5. The summed E-state index contributed by atoms with van der Waals surface area (Å²) in [4.78, 5) is 33.1. The largest absolute Gasteiger partial charge is 0.463 e. The van der Waals surface area contributed by atoms with Crippen LogP contribution in [0.15, 0.2) is 0 Å². The van der Waals surface area contributed by atoms with E-state index in [0.717, 1.165) is 0 Å². The Kier molecular flexibility index (Phi) is 5.68. The van der Waals surface area contributed by atoms with Gasteiger partial charge >= 0.3 is 17.9 Å². The van der Waals surface area contributed by atoms with E-state index in [9.17, 15) is 19.5 Å². The molecule has 1 fully saturated rings. The maximum absolute atomic E-state index is 11.2. The Bertz CT molecular complexity index is 416. The summed E-state index contributed by atoms with van der Waals surface area (Å²) in [6.07, 6.45) is -2.96. The number of hydrogen-bond acceptors (Lipinski definition) is 8. The predicted molar refractivity (Wildman–Crippen MR) is 68.1 cm³/mol. The lowest BCUT2D eigenvalue weighted by Gasteiger charge is -2.45. The standard InChI is InChI=1S/C13H20O8/c1-7(14)18-6-11-13(4,17)12(21-9(3)16)10(5-19-11)20-8(2)15/h10-12,17H,5-6H2,1-4H3/t10-,11-,12+,13+/m1/s1. The summed E-state index contributed by atoms with van der Waals surface area (Å²) in [5, 5.41) is 10.6. The minimum atomic E-state index is -1.68. The SMILES string of the molecule is CC(=O)OC[C@H]1OC[C@@H](OC(C)=O)[C@H](OC(C)=O)[C@@]1(C)O. The summed E-state index contributed by atoms with van der Waals surface area (Å²) >= 11 is 0. The molecule has 0 aromatic carbocycles. The van der Waals surface area contributed by atoms with Crippen molar-refractivity contribution in [1.29, 1.82) is 0 Å². The quantitative estimate of drug-likeness (QED) is 0.550. The van der Waals surface area contributed by atoms with Crippen LogP contribution in [-0.4, -0.2) is 60.1 Å².